The molecule has 1 aliphatic rings. The molecule has 0 nitrogen and oxygen atoms in total. The van der Waals surface area contributed by atoms with Crippen LogP contribution in [0.25, 0.3) is 16.8 Å². The van der Waals surface area contributed by atoms with Crippen molar-refractivity contribution >= 4 is 16.8 Å². The molecule has 16 heavy (non-hydrogen) atoms. The van der Waals surface area contributed by atoms with E-state index in [2.05, 4.69) is 56.3 Å². The lowest BCUT2D eigenvalue weighted by molar-refractivity contribution is 0.779. The summed E-state index contributed by atoms with van der Waals surface area (Å²) in [6.45, 7) is 4.48. The lowest BCUT2D eigenvalue weighted by Gasteiger charge is -2.20. The standard InChI is InChI=1S/C16H16/c1-11-6-9-15-14(10-11)8-7-13-5-3-4-12(2)16(13)15/h3,5-10,12H,4H2,1-2H3. The average molecular weight is 208 g/mol. The van der Waals surface area contributed by atoms with Crippen LogP contribution < -0.4 is 0 Å². The second-order valence-electron chi connectivity index (χ2n) is 4.83. The van der Waals surface area contributed by atoms with Crippen molar-refractivity contribution in [3.8, 4) is 0 Å². The zero-order valence-electron chi connectivity index (χ0n) is 9.83. The first-order chi connectivity index (χ1) is 7.75. The Bertz CT molecular complexity index is 576. The summed E-state index contributed by atoms with van der Waals surface area (Å²) in [7, 11) is 0. The lowest BCUT2D eigenvalue weighted by Crippen LogP contribution is -2.00. The molecule has 0 bridgehead atoms. The van der Waals surface area contributed by atoms with Crippen molar-refractivity contribution in [2.75, 3.05) is 0 Å². The van der Waals surface area contributed by atoms with Crippen LogP contribution >= 0.6 is 0 Å². The van der Waals surface area contributed by atoms with Gasteiger partial charge in [-0.15, -0.1) is 0 Å². The fraction of sp³-hybridized carbons (Fsp3) is 0.250. The van der Waals surface area contributed by atoms with Crippen LogP contribution in [0.3, 0.4) is 0 Å². The van der Waals surface area contributed by atoms with Crippen LogP contribution in [-0.2, 0) is 0 Å². The Morgan fingerprint density at radius 1 is 1.12 bits per heavy atom. The van der Waals surface area contributed by atoms with Gasteiger partial charge in [0.2, 0.25) is 0 Å². The Balaban J connectivity index is 2.38. The van der Waals surface area contributed by atoms with Crippen molar-refractivity contribution in [1.82, 2.24) is 0 Å². The van der Waals surface area contributed by atoms with Crippen LogP contribution in [0, 0.1) is 6.92 Å². The summed E-state index contributed by atoms with van der Waals surface area (Å²) in [5.41, 5.74) is 4.27. The Kier molecular flexibility index (Phi) is 2.10. The molecular weight excluding hydrogens is 192 g/mol. The number of hydrogen-bond acceptors (Lipinski definition) is 0. The minimum atomic E-state index is 0.645. The summed E-state index contributed by atoms with van der Waals surface area (Å²) in [4.78, 5) is 0. The van der Waals surface area contributed by atoms with Gasteiger partial charge in [0.05, 0.1) is 0 Å². The number of rotatable bonds is 0. The maximum absolute atomic E-state index is 2.32. The van der Waals surface area contributed by atoms with E-state index in [1.807, 2.05) is 0 Å². The highest BCUT2D eigenvalue weighted by Gasteiger charge is 2.15. The Morgan fingerprint density at radius 2 is 2.00 bits per heavy atom. The van der Waals surface area contributed by atoms with Gasteiger partial charge in [-0.1, -0.05) is 55.0 Å². The smallest absolute Gasteiger partial charge is 0.0143 e. The third-order valence-electron chi connectivity index (χ3n) is 3.53. The van der Waals surface area contributed by atoms with Gasteiger partial charge in [-0.2, -0.15) is 0 Å². The second-order valence-corrected chi connectivity index (χ2v) is 4.83. The van der Waals surface area contributed by atoms with Gasteiger partial charge in [0, 0.05) is 0 Å². The van der Waals surface area contributed by atoms with E-state index in [1.54, 1.807) is 0 Å². The first-order valence-electron chi connectivity index (χ1n) is 5.95. The quantitative estimate of drug-likeness (QED) is 0.590. The molecule has 0 aromatic heterocycles. The summed E-state index contributed by atoms with van der Waals surface area (Å²) in [5, 5.41) is 2.81. The number of aryl methyl sites for hydroxylation is 1. The molecule has 0 saturated heterocycles. The molecule has 0 saturated carbocycles. The summed E-state index contributed by atoms with van der Waals surface area (Å²) >= 11 is 0. The minimum absolute atomic E-state index is 0.645. The maximum atomic E-state index is 2.32. The SMILES string of the molecule is Cc1ccc2c3c(ccc2c1)C=CCC3C. The van der Waals surface area contributed by atoms with Crippen molar-refractivity contribution in [2.24, 2.45) is 0 Å². The fourth-order valence-electron chi connectivity index (χ4n) is 2.70. The molecule has 3 rings (SSSR count). The van der Waals surface area contributed by atoms with Crippen molar-refractivity contribution in [3.05, 3.63) is 53.1 Å². The van der Waals surface area contributed by atoms with E-state index < -0.39 is 0 Å². The second kappa shape index (κ2) is 3.48. The highest BCUT2D eigenvalue weighted by molar-refractivity contribution is 5.90. The molecule has 0 heteroatoms. The summed E-state index contributed by atoms with van der Waals surface area (Å²) in [6, 6.07) is 11.3. The van der Waals surface area contributed by atoms with Crippen LogP contribution in [0.15, 0.2) is 36.4 Å². The molecule has 0 radical (unpaired) electrons. The Hall–Kier alpha value is -1.56. The molecule has 1 aliphatic carbocycles. The molecule has 0 N–H and O–H groups in total. The van der Waals surface area contributed by atoms with Gasteiger partial charge < -0.3 is 0 Å². The van der Waals surface area contributed by atoms with Gasteiger partial charge >= 0.3 is 0 Å². The molecule has 1 unspecified atom stereocenters. The maximum Gasteiger partial charge on any atom is -0.0143 e. The van der Waals surface area contributed by atoms with E-state index >= 15 is 0 Å². The minimum Gasteiger partial charge on any atom is -0.0833 e. The highest BCUT2D eigenvalue weighted by Crippen LogP contribution is 2.35. The molecule has 0 heterocycles. The third-order valence-corrected chi connectivity index (χ3v) is 3.53. The normalized spacial score (nSPS) is 18.8. The number of benzene rings is 2. The van der Waals surface area contributed by atoms with E-state index in [-0.39, 0.29) is 0 Å². The predicted molar refractivity (Wildman–Crippen MR) is 70.8 cm³/mol. The molecular formula is C16H16. The van der Waals surface area contributed by atoms with E-state index in [1.165, 1.54) is 33.9 Å². The first-order valence-corrected chi connectivity index (χ1v) is 5.95. The summed E-state index contributed by atoms with van der Waals surface area (Å²) in [6.07, 6.45) is 5.71. The van der Waals surface area contributed by atoms with Crippen molar-refractivity contribution in [2.45, 2.75) is 26.2 Å². The van der Waals surface area contributed by atoms with Crippen LogP contribution in [0.4, 0.5) is 0 Å². The predicted octanol–water partition coefficient (Wildman–Crippen LogP) is 4.67. The van der Waals surface area contributed by atoms with Crippen LogP contribution in [0.5, 0.6) is 0 Å². The Morgan fingerprint density at radius 3 is 2.88 bits per heavy atom. The molecule has 0 aliphatic heterocycles. The topological polar surface area (TPSA) is 0 Å². The van der Waals surface area contributed by atoms with E-state index in [0.29, 0.717) is 5.92 Å². The fourth-order valence-corrected chi connectivity index (χ4v) is 2.70. The van der Waals surface area contributed by atoms with Crippen LogP contribution in [0.1, 0.15) is 36.0 Å². The molecule has 2 aromatic carbocycles. The number of allylic oxidation sites excluding steroid dienone is 1. The molecule has 0 spiro atoms. The van der Waals surface area contributed by atoms with Gasteiger partial charge in [0.25, 0.3) is 0 Å². The Labute approximate surface area is 96.6 Å². The summed E-state index contributed by atoms with van der Waals surface area (Å²) < 4.78 is 0. The molecule has 1 atom stereocenters. The van der Waals surface area contributed by atoms with Gasteiger partial charge in [0.1, 0.15) is 0 Å². The van der Waals surface area contributed by atoms with Crippen LogP contribution in [-0.4, -0.2) is 0 Å². The van der Waals surface area contributed by atoms with Crippen molar-refractivity contribution in [1.29, 1.82) is 0 Å². The first kappa shape index (κ1) is 9.65. The zero-order chi connectivity index (χ0) is 11.1. The van der Waals surface area contributed by atoms with Gasteiger partial charge in [0.15, 0.2) is 0 Å². The highest BCUT2D eigenvalue weighted by atomic mass is 14.2. The average Bonchev–Trinajstić information content (AvgIpc) is 2.29. The van der Waals surface area contributed by atoms with Crippen LogP contribution in [0.2, 0.25) is 0 Å². The lowest BCUT2D eigenvalue weighted by atomic mass is 9.84. The number of hydrogen-bond donors (Lipinski definition) is 0. The summed E-state index contributed by atoms with van der Waals surface area (Å²) in [5.74, 6) is 0.645. The monoisotopic (exact) mass is 208 g/mol. The van der Waals surface area contributed by atoms with Gasteiger partial charge in [-0.25, -0.2) is 0 Å². The zero-order valence-corrected chi connectivity index (χ0v) is 9.83. The molecule has 80 valence electrons. The van der Waals surface area contributed by atoms with Crippen molar-refractivity contribution in [3.63, 3.8) is 0 Å². The molecule has 0 amide bonds. The largest absolute Gasteiger partial charge is 0.0833 e. The third kappa shape index (κ3) is 1.37. The van der Waals surface area contributed by atoms with Gasteiger partial charge in [-0.05, 0) is 41.2 Å². The van der Waals surface area contributed by atoms with E-state index in [0.717, 1.165) is 0 Å². The van der Waals surface area contributed by atoms with Gasteiger partial charge in [-0.3, -0.25) is 0 Å². The number of fused-ring (bicyclic) bond motifs is 3. The van der Waals surface area contributed by atoms with E-state index in [9.17, 15) is 0 Å². The van der Waals surface area contributed by atoms with Crippen molar-refractivity contribution < 1.29 is 0 Å². The van der Waals surface area contributed by atoms with E-state index in [4.69, 9.17) is 0 Å². The molecule has 0 fully saturated rings. The molecule has 2 aromatic rings.